The molecule has 6 nitrogen and oxygen atoms in total. The van der Waals surface area contributed by atoms with E-state index in [4.69, 9.17) is 4.55 Å². The molecule has 2 rings (SSSR count). The van der Waals surface area contributed by atoms with E-state index in [-0.39, 0.29) is 4.90 Å². The third kappa shape index (κ3) is 3.33. The number of nitrogens with zero attached hydrogens (tertiary/aromatic N) is 2. The van der Waals surface area contributed by atoms with Crippen LogP contribution >= 0.6 is 0 Å². The molecule has 0 saturated carbocycles. The number of hydrogen-bond donors (Lipinski definition) is 2. The summed E-state index contributed by atoms with van der Waals surface area (Å²) in [6.45, 7) is 2.53. The van der Waals surface area contributed by atoms with Crippen molar-refractivity contribution in [3.05, 3.63) is 41.7 Å². The van der Waals surface area contributed by atoms with Crippen LogP contribution in [0, 0.1) is 6.92 Å². The monoisotopic (exact) mass is 281 g/mol. The Morgan fingerprint density at radius 1 is 1.32 bits per heavy atom. The zero-order valence-corrected chi connectivity index (χ0v) is 11.5. The molecule has 0 saturated heterocycles. The first-order valence-corrected chi connectivity index (χ1v) is 7.11. The van der Waals surface area contributed by atoms with Crippen LogP contribution in [0.15, 0.2) is 35.4 Å². The molecule has 0 aliphatic heterocycles. The number of aryl methyl sites for hydroxylation is 2. The van der Waals surface area contributed by atoms with Gasteiger partial charge in [-0.1, -0.05) is 0 Å². The van der Waals surface area contributed by atoms with Crippen molar-refractivity contribution in [3.8, 4) is 0 Å². The van der Waals surface area contributed by atoms with Gasteiger partial charge < -0.3 is 5.32 Å². The fourth-order valence-electron chi connectivity index (χ4n) is 1.76. The first-order valence-electron chi connectivity index (χ1n) is 5.67. The molecule has 1 aromatic heterocycles. The number of nitrogens with one attached hydrogen (secondary N) is 1. The molecule has 102 valence electrons. The average Bonchev–Trinajstić information content (AvgIpc) is 2.65. The summed E-state index contributed by atoms with van der Waals surface area (Å²) in [7, 11) is -2.27. The molecule has 0 bridgehead atoms. The molecule has 0 amide bonds. The van der Waals surface area contributed by atoms with Gasteiger partial charge in [-0.2, -0.15) is 13.5 Å². The highest BCUT2D eigenvalue weighted by atomic mass is 32.2. The zero-order chi connectivity index (χ0) is 14.0. The van der Waals surface area contributed by atoms with Gasteiger partial charge in [-0.25, -0.2) is 0 Å². The molecule has 0 radical (unpaired) electrons. The molecular formula is C12H15N3O3S. The maximum atomic E-state index is 10.9. The Balaban J connectivity index is 2.07. The zero-order valence-electron chi connectivity index (χ0n) is 10.7. The third-order valence-corrected chi connectivity index (χ3v) is 3.62. The highest BCUT2D eigenvalue weighted by Gasteiger charge is 2.08. The summed E-state index contributed by atoms with van der Waals surface area (Å²) in [5.41, 5.74) is 2.79. The summed E-state index contributed by atoms with van der Waals surface area (Å²) >= 11 is 0. The second kappa shape index (κ2) is 5.02. The summed E-state index contributed by atoms with van der Waals surface area (Å²) in [6.07, 6.45) is 1.93. The van der Waals surface area contributed by atoms with Crippen molar-refractivity contribution in [2.24, 2.45) is 7.05 Å². The van der Waals surface area contributed by atoms with Crippen LogP contribution in [0.25, 0.3) is 0 Å². The van der Waals surface area contributed by atoms with E-state index >= 15 is 0 Å². The van der Waals surface area contributed by atoms with E-state index in [9.17, 15) is 8.42 Å². The Bertz CT molecular complexity index is 675. The number of rotatable bonds is 4. The molecule has 19 heavy (non-hydrogen) atoms. The lowest BCUT2D eigenvalue weighted by Crippen LogP contribution is -2.01. The standard InChI is InChI=1S/C12H15N3O3S/c1-9-10(8-15(2)14-9)7-13-11-3-5-12(6-4-11)19(16,17)18/h3-6,8,13H,7H2,1-2H3,(H,16,17,18). The van der Waals surface area contributed by atoms with Gasteiger partial charge in [0.15, 0.2) is 0 Å². The van der Waals surface area contributed by atoms with Crippen molar-refractivity contribution >= 4 is 15.8 Å². The predicted molar refractivity (Wildman–Crippen MR) is 71.5 cm³/mol. The van der Waals surface area contributed by atoms with Crippen LogP contribution in [-0.4, -0.2) is 22.8 Å². The molecule has 0 aliphatic rings. The van der Waals surface area contributed by atoms with Gasteiger partial charge in [0.05, 0.1) is 10.6 Å². The fraction of sp³-hybridized carbons (Fsp3) is 0.250. The molecule has 0 fully saturated rings. The highest BCUT2D eigenvalue weighted by molar-refractivity contribution is 7.85. The molecule has 0 aliphatic carbocycles. The fourth-order valence-corrected chi connectivity index (χ4v) is 2.24. The quantitative estimate of drug-likeness (QED) is 0.831. The number of anilines is 1. The lowest BCUT2D eigenvalue weighted by molar-refractivity contribution is 0.483. The van der Waals surface area contributed by atoms with Crippen molar-refractivity contribution in [1.29, 1.82) is 0 Å². The van der Waals surface area contributed by atoms with Crippen LogP contribution in [0.4, 0.5) is 5.69 Å². The molecule has 1 heterocycles. The molecule has 0 unspecified atom stereocenters. The Morgan fingerprint density at radius 3 is 2.42 bits per heavy atom. The van der Waals surface area contributed by atoms with Crippen LogP contribution in [0.5, 0.6) is 0 Å². The van der Waals surface area contributed by atoms with E-state index < -0.39 is 10.1 Å². The first kappa shape index (κ1) is 13.6. The SMILES string of the molecule is Cc1nn(C)cc1CNc1ccc(S(=O)(=O)O)cc1. The van der Waals surface area contributed by atoms with Gasteiger partial charge in [0, 0.05) is 31.0 Å². The summed E-state index contributed by atoms with van der Waals surface area (Å²) in [6, 6.07) is 5.92. The summed E-state index contributed by atoms with van der Waals surface area (Å²) in [5.74, 6) is 0. The molecule has 2 N–H and O–H groups in total. The van der Waals surface area contributed by atoms with Crippen molar-refractivity contribution in [3.63, 3.8) is 0 Å². The largest absolute Gasteiger partial charge is 0.381 e. The third-order valence-electron chi connectivity index (χ3n) is 2.75. The second-order valence-electron chi connectivity index (χ2n) is 4.27. The van der Waals surface area contributed by atoms with E-state index in [2.05, 4.69) is 10.4 Å². The molecule has 1 aromatic carbocycles. The van der Waals surface area contributed by atoms with Crippen LogP contribution in [0.2, 0.25) is 0 Å². The Labute approximate surface area is 111 Å². The maximum Gasteiger partial charge on any atom is 0.294 e. The topological polar surface area (TPSA) is 84.2 Å². The minimum absolute atomic E-state index is 0.115. The molecule has 7 heteroatoms. The van der Waals surface area contributed by atoms with Gasteiger partial charge in [-0.15, -0.1) is 0 Å². The van der Waals surface area contributed by atoms with E-state index in [0.717, 1.165) is 16.9 Å². The van der Waals surface area contributed by atoms with Crippen molar-refractivity contribution in [2.45, 2.75) is 18.4 Å². The highest BCUT2D eigenvalue weighted by Crippen LogP contribution is 2.15. The molecule has 2 aromatic rings. The summed E-state index contributed by atoms with van der Waals surface area (Å²) < 4.78 is 32.4. The Hall–Kier alpha value is -1.86. The van der Waals surface area contributed by atoms with E-state index in [1.807, 2.05) is 20.2 Å². The van der Waals surface area contributed by atoms with Crippen LogP contribution in [0.3, 0.4) is 0 Å². The van der Waals surface area contributed by atoms with E-state index in [1.54, 1.807) is 16.8 Å². The van der Waals surface area contributed by atoms with Crippen molar-refractivity contribution in [2.75, 3.05) is 5.32 Å². The van der Waals surface area contributed by atoms with Gasteiger partial charge in [0.2, 0.25) is 0 Å². The van der Waals surface area contributed by atoms with Gasteiger partial charge in [-0.05, 0) is 31.2 Å². The van der Waals surface area contributed by atoms with Crippen LogP contribution < -0.4 is 5.32 Å². The summed E-state index contributed by atoms with van der Waals surface area (Å²) in [5, 5.41) is 7.40. The van der Waals surface area contributed by atoms with Gasteiger partial charge in [0.25, 0.3) is 10.1 Å². The Morgan fingerprint density at radius 2 is 1.95 bits per heavy atom. The predicted octanol–water partition coefficient (Wildman–Crippen LogP) is 1.59. The van der Waals surface area contributed by atoms with Gasteiger partial charge in [0.1, 0.15) is 0 Å². The lowest BCUT2D eigenvalue weighted by atomic mass is 10.2. The summed E-state index contributed by atoms with van der Waals surface area (Å²) in [4.78, 5) is -0.115. The number of benzene rings is 1. The van der Waals surface area contributed by atoms with E-state index in [0.29, 0.717) is 6.54 Å². The van der Waals surface area contributed by atoms with Crippen LogP contribution in [0.1, 0.15) is 11.3 Å². The lowest BCUT2D eigenvalue weighted by Gasteiger charge is -2.06. The average molecular weight is 281 g/mol. The maximum absolute atomic E-state index is 10.9. The molecular weight excluding hydrogens is 266 g/mol. The normalized spacial score (nSPS) is 11.5. The number of hydrogen-bond acceptors (Lipinski definition) is 4. The van der Waals surface area contributed by atoms with Crippen molar-refractivity contribution < 1.29 is 13.0 Å². The molecule has 0 spiro atoms. The van der Waals surface area contributed by atoms with E-state index in [1.165, 1.54) is 12.1 Å². The smallest absolute Gasteiger partial charge is 0.294 e. The Kier molecular flexibility index (Phi) is 3.59. The minimum Gasteiger partial charge on any atom is -0.381 e. The second-order valence-corrected chi connectivity index (χ2v) is 5.69. The first-order chi connectivity index (χ1) is 8.86. The molecule has 0 atom stereocenters. The van der Waals surface area contributed by atoms with Crippen molar-refractivity contribution in [1.82, 2.24) is 9.78 Å². The van der Waals surface area contributed by atoms with Gasteiger partial charge in [-0.3, -0.25) is 9.23 Å². The minimum atomic E-state index is -4.13. The van der Waals surface area contributed by atoms with Crippen LogP contribution in [-0.2, 0) is 23.7 Å². The number of aromatic nitrogens is 2. The van der Waals surface area contributed by atoms with Gasteiger partial charge >= 0.3 is 0 Å².